The van der Waals surface area contributed by atoms with Gasteiger partial charge in [-0.1, -0.05) is 139 Å². The summed E-state index contributed by atoms with van der Waals surface area (Å²) in [5.41, 5.74) is 0. The number of carbonyl (C=O) groups is 1. The zero-order valence-electron chi connectivity index (χ0n) is 35.6. The Bertz CT molecular complexity index is 1250. The molecule has 4 N–H and O–H groups in total. The maximum atomic E-state index is 12.8. The van der Waals surface area contributed by atoms with Crippen LogP contribution in [0.25, 0.3) is 0 Å². The van der Waals surface area contributed by atoms with Crippen LogP contribution in [0.4, 0.5) is 0 Å². The van der Waals surface area contributed by atoms with Gasteiger partial charge in [-0.2, -0.15) is 8.42 Å². The van der Waals surface area contributed by atoms with Gasteiger partial charge >= 0.3 is 16.4 Å². The van der Waals surface area contributed by atoms with Crippen molar-refractivity contribution in [1.82, 2.24) is 0 Å². The van der Waals surface area contributed by atoms with E-state index in [9.17, 15) is 28.5 Å². The van der Waals surface area contributed by atoms with Crippen LogP contribution in [-0.4, -0.2) is 97.5 Å². The molecule has 58 heavy (non-hydrogen) atoms. The number of carbonyl (C=O) groups excluding carboxylic acids is 1. The SMILES string of the molecule is CC/C=C\C/C=C\C/C=C\C/C=C\CCCCCCCCCOCC(COC1OC(CO)C(O)C(OS(=O)(=O)O)C1O)OC(=O)CCCCCCC/C=C\CCCC. The third-order valence-electron chi connectivity index (χ3n) is 9.62. The second-order valence-corrected chi connectivity index (χ2v) is 15.9. The molecule has 0 bridgehead atoms. The van der Waals surface area contributed by atoms with Gasteiger partial charge in [0.05, 0.1) is 19.8 Å². The monoisotopic (exact) mass is 843 g/mol. The van der Waals surface area contributed by atoms with Gasteiger partial charge in [0.2, 0.25) is 0 Å². The first-order valence-electron chi connectivity index (χ1n) is 22.0. The number of allylic oxidation sites excluding steroid dienone is 10. The van der Waals surface area contributed by atoms with Gasteiger partial charge in [-0.3, -0.25) is 9.35 Å². The van der Waals surface area contributed by atoms with Crippen LogP contribution in [0, 0.1) is 0 Å². The summed E-state index contributed by atoms with van der Waals surface area (Å²) in [6.07, 6.45) is 35.4. The Morgan fingerprint density at radius 1 is 0.672 bits per heavy atom. The van der Waals surface area contributed by atoms with E-state index in [0.717, 1.165) is 96.3 Å². The Morgan fingerprint density at radius 2 is 1.19 bits per heavy atom. The van der Waals surface area contributed by atoms with E-state index in [0.29, 0.717) is 13.0 Å². The highest BCUT2D eigenvalue weighted by molar-refractivity contribution is 7.80. The third-order valence-corrected chi connectivity index (χ3v) is 10.1. The van der Waals surface area contributed by atoms with Gasteiger partial charge in [0.1, 0.15) is 30.5 Å². The molecule has 0 saturated carbocycles. The van der Waals surface area contributed by atoms with E-state index in [4.69, 9.17) is 23.5 Å². The summed E-state index contributed by atoms with van der Waals surface area (Å²) in [7, 11) is -5.06. The molecule has 0 radical (unpaired) electrons. The third kappa shape index (κ3) is 29.9. The van der Waals surface area contributed by atoms with Crippen LogP contribution in [0.5, 0.6) is 0 Å². The van der Waals surface area contributed by atoms with E-state index < -0.39 is 59.8 Å². The quantitative estimate of drug-likeness (QED) is 0.0202. The van der Waals surface area contributed by atoms with Crippen molar-refractivity contribution in [3.05, 3.63) is 60.8 Å². The number of rotatable bonds is 37. The Morgan fingerprint density at radius 3 is 1.76 bits per heavy atom. The van der Waals surface area contributed by atoms with Crippen molar-refractivity contribution in [2.75, 3.05) is 26.4 Å². The minimum absolute atomic E-state index is 0.0224. The molecule has 1 saturated heterocycles. The summed E-state index contributed by atoms with van der Waals surface area (Å²) >= 11 is 0. The molecule has 6 unspecified atom stereocenters. The molecule has 0 aliphatic carbocycles. The van der Waals surface area contributed by atoms with Crippen LogP contribution >= 0.6 is 0 Å². The van der Waals surface area contributed by atoms with Gasteiger partial charge in [-0.15, -0.1) is 0 Å². The number of unbranched alkanes of at least 4 members (excludes halogenated alkanes) is 14. The molecular formula is C45H78O12S. The summed E-state index contributed by atoms with van der Waals surface area (Å²) in [4.78, 5) is 12.8. The van der Waals surface area contributed by atoms with Crippen LogP contribution < -0.4 is 0 Å². The Kier molecular flexibility index (Phi) is 34.0. The topological polar surface area (TPSA) is 178 Å². The smallest absolute Gasteiger partial charge is 0.397 e. The van der Waals surface area contributed by atoms with Gasteiger partial charge in [0, 0.05) is 13.0 Å². The lowest BCUT2D eigenvalue weighted by molar-refractivity contribution is -0.301. The number of esters is 1. The molecule has 0 aromatic rings. The summed E-state index contributed by atoms with van der Waals surface area (Å²) in [6, 6.07) is 0. The van der Waals surface area contributed by atoms with Gasteiger partial charge in [-0.05, 0) is 70.6 Å². The molecule has 1 fully saturated rings. The van der Waals surface area contributed by atoms with Crippen molar-refractivity contribution in [2.24, 2.45) is 0 Å². The predicted molar refractivity (Wildman–Crippen MR) is 229 cm³/mol. The average molecular weight is 843 g/mol. The molecular weight excluding hydrogens is 765 g/mol. The van der Waals surface area contributed by atoms with Gasteiger partial charge in [0.15, 0.2) is 6.29 Å². The molecule has 0 aromatic heterocycles. The fourth-order valence-corrected chi connectivity index (χ4v) is 6.80. The highest BCUT2D eigenvalue weighted by Gasteiger charge is 2.48. The van der Waals surface area contributed by atoms with Crippen LogP contribution in [-0.2, 0) is 38.3 Å². The van der Waals surface area contributed by atoms with E-state index in [1.807, 2.05) is 0 Å². The van der Waals surface area contributed by atoms with E-state index in [2.05, 4.69) is 78.8 Å². The second-order valence-electron chi connectivity index (χ2n) is 14.9. The maximum absolute atomic E-state index is 12.8. The molecule has 6 atom stereocenters. The van der Waals surface area contributed by atoms with Crippen LogP contribution in [0.2, 0.25) is 0 Å². The molecule has 1 aliphatic rings. The molecule has 1 rings (SSSR count). The van der Waals surface area contributed by atoms with Gasteiger partial charge < -0.3 is 34.3 Å². The molecule has 336 valence electrons. The lowest BCUT2D eigenvalue weighted by atomic mass is 9.99. The van der Waals surface area contributed by atoms with Crippen LogP contribution in [0.3, 0.4) is 0 Å². The van der Waals surface area contributed by atoms with E-state index in [-0.39, 0.29) is 19.6 Å². The summed E-state index contributed by atoms with van der Waals surface area (Å²) in [6.45, 7) is 3.78. The van der Waals surface area contributed by atoms with Crippen molar-refractivity contribution in [2.45, 2.75) is 192 Å². The minimum atomic E-state index is -5.06. The fourth-order valence-electron chi connectivity index (χ4n) is 6.29. The minimum Gasteiger partial charge on any atom is -0.457 e. The highest BCUT2D eigenvalue weighted by Crippen LogP contribution is 2.26. The van der Waals surface area contributed by atoms with Crippen molar-refractivity contribution in [3.63, 3.8) is 0 Å². The summed E-state index contributed by atoms with van der Waals surface area (Å²) in [5.74, 6) is -0.417. The fraction of sp³-hybridized carbons (Fsp3) is 0.756. The van der Waals surface area contributed by atoms with Crippen molar-refractivity contribution in [3.8, 4) is 0 Å². The van der Waals surface area contributed by atoms with E-state index >= 15 is 0 Å². The van der Waals surface area contributed by atoms with Crippen LogP contribution in [0.15, 0.2) is 60.8 Å². The molecule has 0 amide bonds. The van der Waals surface area contributed by atoms with Crippen molar-refractivity contribution < 1.29 is 56.2 Å². The summed E-state index contributed by atoms with van der Waals surface area (Å²) in [5, 5.41) is 30.6. The zero-order chi connectivity index (χ0) is 42.5. The number of aliphatic hydroxyl groups excluding tert-OH is 3. The molecule has 1 aliphatic heterocycles. The van der Waals surface area contributed by atoms with Crippen LogP contribution in [0.1, 0.15) is 155 Å². The first-order valence-corrected chi connectivity index (χ1v) is 23.4. The standard InChI is InChI=1S/C45H78O12S/c1-3-5-7-9-11-13-15-16-17-18-19-20-21-22-23-25-27-29-31-33-35-53-37-39(55-41(47)34-32-30-28-26-24-14-12-10-8-6-4-2)38-54-45-43(49)44(57-58(50,51)52)42(48)40(36-46)56-45/h5,7,10-13,16-17,19-20,39-40,42-46,48-49H,3-4,6,8-9,14-15,18,21-38H2,1-2H3,(H,50,51,52)/b7-5-,12-10-,13-11-,17-16-,20-19-. The van der Waals surface area contributed by atoms with Crippen molar-refractivity contribution in [1.29, 1.82) is 0 Å². The van der Waals surface area contributed by atoms with E-state index in [1.54, 1.807) is 0 Å². The second kappa shape index (κ2) is 36.6. The normalized spacial score (nSPS) is 21.1. The Labute approximate surface area is 350 Å². The lowest BCUT2D eigenvalue weighted by Gasteiger charge is -2.41. The van der Waals surface area contributed by atoms with E-state index in [1.165, 1.54) is 32.1 Å². The zero-order valence-corrected chi connectivity index (χ0v) is 36.4. The molecule has 1 heterocycles. The molecule has 13 heteroatoms. The predicted octanol–water partition coefficient (Wildman–Crippen LogP) is 8.96. The highest BCUT2D eigenvalue weighted by atomic mass is 32.3. The first kappa shape index (κ1) is 53.8. The number of hydrogen-bond donors (Lipinski definition) is 4. The Hall–Kier alpha value is -2.20. The number of aliphatic hydroxyl groups is 3. The lowest BCUT2D eigenvalue weighted by Crippen LogP contribution is -2.60. The van der Waals surface area contributed by atoms with Gasteiger partial charge in [-0.25, -0.2) is 4.18 Å². The Balaban J connectivity index is 2.42. The number of ether oxygens (including phenoxy) is 4. The maximum Gasteiger partial charge on any atom is 0.397 e. The largest absolute Gasteiger partial charge is 0.457 e. The van der Waals surface area contributed by atoms with Crippen molar-refractivity contribution >= 4 is 16.4 Å². The molecule has 0 aromatic carbocycles. The number of hydrogen-bond acceptors (Lipinski definition) is 11. The van der Waals surface area contributed by atoms with Gasteiger partial charge in [0.25, 0.3) is 0 Å². The molecule has 0 spiro atoms. The molecule has 12 nitrogen and oxygen atoms in total. The first-order chi connectivity index (χ1) is 28.1. The average Bonchev–Trinajstić information content (AvgIpc) is 3.19. The summed E-state index contributed by atoms with van der Waals surface area (Å²) < 4.78 is 58.9.